The van der Waals surface area contributed by atoms with Gasteiger partial charge in [0.2, 0.25) is 11.2 Å². The zero-order valence-electron chi connectivity index (χ0n) is 24.9. The number of nitrogens with zero attached hydrogens (tertiary/aromatic N) is 3. The molecule has 0 amide bonds. The van der Waals surface area contributed by atoms with Crippen LogP contribution in [0, 0.1) is 5.82 Å². The largest absolute Gasteiger partial charge is 0.422 e. The van der Waals surface area contributed by atoms with Crippen molar-refractivity contribution in [3.63, 3.8) is 0 Å². The zero-order valence-corrected chi connectivity index (χ0v) is 24.9. The fourth-order valence-corrected chi connectivity index (χ4v) is 5.38. The first-order valence-electron chi connectivity index (χ1n) is 14.6. The maximum absolute atomic E-state index is 15.1. The lowest BCUT2D eigenvalue weighted by atomic mass is 10.1. The molecule has 216 valence electrons. The predicted molar refractivity (Wildman–Crippen MR) is 173 cm³/mol. The number of anilines is 4. The van der Waals surface area contributed by atoms with Crippen molar-refractivity contribution in [2.75, 3.05) is 41.3 Å². The normalized spacial score (nSPS) is 11.5. The van der Waals surface area contributed by atoms with Crippen LogP contribution in [0.4, 0.5) is 27.1 Å². The van der Waals surface area contributed by atoms with Crippen molar-refractivity contribution in [3.8, 4) is 0 Å². The molecule has 0 spiro atoms. The molecule has 0 unspecified atom stereocenters. The molecular weight excluding hydrogens is 527 g/mol. The van der Waals surface area contributed by atoms with E-state index in [1.165, 1.54) is 0 Å². The predicted octanol–water partition coefficient (Wildman–Crippen LogP) is 7.52. The first kappa shape index (κ1) is 28.9. The molecule has 42 heavy (non-hydrogen) atoms. The highest BCUT2D eigenvalue weighted by atomic mass is 19.1. The third kappa shape index (κ3) is 5.86. The van der Waals surface area contributed by atoms with Crippen LogP contribution >= 0.6 is 0 Å². The van der Waals surface area contributed by atoms with Gasteiger partial charge < -0.3 is 19.5 Å². The van der Waals surface area contributed by atoms with E-state index in [2.05, 4.69) is 48.9 Å². The third-order valence-electron chi connectivity index (χ3n) is 7.88. The summed E-state index contributed by atoms with van der Waals surface area (Å²) in [6.45, 7) is 12.1. The van der Waals surface area contributed by atoms with Gasteiger partial charge in [-0.25, -0.2) is 9.18 Å². The Morgan fingerprint density at radius 3 is 2.12 bits per heavy atom. The summed E-state index contributed by atoms with van der Waals surface area (Å²) in [5.41, 5.74) is 5.75. The molecule has 0 saturated carbocycles. The number of benzene rings is 3. The van der Waals surface area contributed by atoms with Crippen molar-refractivity contribution in [2.24, 2.45) is 7.05 Å². The van der Waals surface area contributed by atoms with Gasteiger partial charge in [0.05, 0.1) is 11.3 Å². The van der Waals surface area contributed by atoms with E-state index in [-0.39, 0.29) is 11.4 Å². The molecule has 0 aliphatic carbocycles. The minimum Gasteiger partial charge on any atom is -0.422 e. The van der Waals surface area contributed by atoms with Gasteiger partial charge in [0, 0.05) is 78.3 Å². The molecule has 5 rings (SSSR count). The van der Waals surface area contributed by atoms with Crippen LogP contribution in [0.25, 0.3) is 34.0 Å². The molecule has 5 aromatic rings. The molecular formula is C35H38FN4O2+. The lowest BCUT2D eigenvalue weighted by molar-refractivity contribution is -0.646. The Labute approximate surface area is 246 Å². The Morgan fingerprint density at radius 1 is 0.786 bits per heavy atom. The van der Waals surface area contributed by atoms with Gasteiger partial charge in [-0.05, 0) is 88.4 Å². The quantitative estimate of drug-likeness (QED) is 0.140. The Morgan fingerprint density at radius 2 is 1.43 bits per heavy atom. The van der Waals surface area contributed by atoms with Gasteiger partial charge >= 0.3 is 5.63 Å². The minimum atomic E-state index is -0.389. The zero-order chi connectivity index (χ0) is 29.8. The van der Waals surface area contributed by atoms with Crippen molar-refractivity contribution in [2.45, 2.75) is 27.7 Å². The van der Waals surface area contributed by atoms with Crippen molar-refractivity contribution in [1.82, 2.24) is 0 Å². The maximum Gasteiger partial charge on any atom is 0.343 e. The van der Waals surface area contributed by atoms with Crippen LogP contribution < -0.4 is 25.3 Å². The van der Waals surface area contributed by atoms with E-state index in [1.54, 1.807) is 12.1 Å². The number of aromatic nitrogens is 1. The molecule has 0 aliphatic rings. The second-order valence-corrected chi connectivity index (χ2v) is 10.3. The van der Waals surface area contributed by atoms with Gasteiger partial charge in [0.1, 0.15) is 18.4 Å². The van der Waals surface area contributed by atoms with E-state index in [4.69, 9.17) is 4.42 Å². The van der Waals surface area contributed by atoms with Crippen molar-refractivity contribution in [3.05, 3.63) is 100 Å². The van der Waals surface area contributed by atoms with Crippen LogP contribution in [0.2, 0.25) is 0 Å². The Balaban J connectivity index is 1.43. The summed E-state index contributed by atoms with van der Waals surface area (Å²) in [6, 6.07) is 23.0. The van der Waals surface area contributed by atoms with Crippen LogP contribution in [0.5, 0.6) is 0 Å². The summed E-state index contributed by atoms with van der Waals surface area (Å²) in [5.74, 6) is -0.323. The summed E-state index contributed by atoms with van der Waals surface area (Å²) >= 11 is 0. The average molecular weight is 566 g/mol. The number of hydrogen-bond donors (Lipinski definition) is 1. The summed E-state index contributed by atoms with van der Waals surface area (Å²) in [7, 11) is 1.93. The number of pyridine rings is 1. The van der Waals surface area contributed by atoms with Crippen LogP contribution in [-0.4, -0.2) is 26.2 Å². The molecule has 6 nitrogen and oxygen atoms in total. The van der Waals surface area contributed by atoms with Gasteiger partial charge in [0.25, 0.3) is 0 Å². The highest BCUT2D eigenvalue weighted by Gasteiger charge is 2.15. The molecule has 0 radical (unpaired) electrons. The molecule has 0 atom stereocenters. The number of hydrogen-bond acceptors (Lipinski definition) is 5. The molecule has 0 bridgehead atoms. The third-order valence-corrected chi connectivity index (χ3v) is 7.88. The van der Waals surface area contributed by atoms with Gasteiger partial charge in [0.15, 0.2) is 0 Å². The first-order chi connectivity index (χ1) is 20.3. The second-order valence-electron chi connectivity index (χ2n) is 10.3. The molecule has 1 N–H and O–H groups in total. The van der Waals surface area contributed by atoms with E-state index in [0.717, 1.165) is 65.2 Å². The summed E-state index contributed by atoms with van der Waals surface area (Å²) in [6.07, 6.45) is 3.65. The molecule has 7 heteroatoms. The van der Waals surface area contributed by atoms with Crippen molar-refractivity contribution in [1.29, 1.82) is 0 Å². The topological polar surface area (TPSA) is 52.6 Å². The Bertz CT molecular complexity index is 1800. The molecule has 0 saturated heterocycles. The number of fused-ring (bicyclic) bond motifs is 2. The lowest BCUT2D eigenvalue weighted by Gasteiger charge is -2.21. The molecule has 3 aromatic carbocycles. The number of rotatable bonds is 10. The Kier molecular flexibility index (Phi) is 8.57. The lowest BCUT2D eigenvalue weighted by Crippen LogP contribution is -2.32. The van der Waals surface area contributed by atoms with E-state index in [9.17, 15) is 4.79 Å². The minimum absolute atomic E-state index is 0.323. The summed E-state index contributed by atoms with van der Waals surface area (Å²) in [5, 5.41) is 4.88. The number of halogens is 1. The maximum atomic E-state index is 15.1. The SMILES string of the molecule is CCN(CC)c1ccc(Nc2cc3c(ccc(/C=C/c4cc5ccc(N(CC)CC)cc5oc4=O)[n+]3C)cc2F)cc1. The average Bonchev–Trinajstić information content (AvgIpc) is 2.99. The van der Waals surface area contributed by atoms with Gasteiger partial charge in [-0.15, -0.1) is 0 Å². The van der Waals surface area contributed by atoms with Gasteiger partial charge in [-0.2, -0.15) is 4.57 Å². The molecule has 2 aromatic heterocycles. The van der Waals surface area contributed by atoms with Crippen molar-refractivity contribution >= 4 is 56.8 Å². The van der Waals surface area contributed by atoms with Crippen LogP contribution in [0.15, 0.2) is 82.0 Å². The van der Waals surface area contributed by atoms with E-state index in [0.29, 0.717) is 16.8 Å². The highest BCUT2D eigenvalue weighted by molar-refractivity contribution is 5.85. The smallest absolute Gasteiger partial charge is 0.343 e. The van der Waals surface area contributed by atoms with Gasteiger partial charge in [-0.3, -0.25) is 0 Å². The number of aryl methyl sites for hydroxylation is 1. The fourth-order valence-electron chi connectivity index (χ4n) is 5.38. The fraction of sp³-hybridized carbons (Fsp3) is 0.257. The van der Waals surface area contributed by atoms with Crippen LogP contribution in [0.3, 0.4) is 0 Å². The monoisotopic (exact) mass is 565 g/mol. The standard InChI is InChI=1S/C35H37FN4O2/c1-6-39(7-2)29-18-13-27(14-19-29)37-32-23-33-24(21-31(32)36)10-15-28(38(33)5)16-12-26-20-25-11-17-30(40(8-3)9-4)22-34(25)42-35(26)41/h10-23H,6-9H2,1-5H3/p+1/b16-12+. The molecule has 0 fully saturated rings. The van der Waals surface area contributed by atoms with E-state index < -0.39 is 0 Å². The summed E-state index contributed by atoms with van der Waals surface area (Å²) < 4.78 is 22.7. The first-order valence-corrected chi connectivity index (χ1v) is 14.6. The molecule has 0 aliphatic heterocycles. The summed E-state index contributed by atoms with van der Waals surface area (Å²) in [4.78, 5) is 17.3. The second kappa shape index (κ2) is 12.5. The number of nitrogens with one attached hydrogen (secondary N) is 1. The highest BCUT2D eigenvalue weighted by Crippen LogP contribution is 2.27. The van der Waals surface area contributed by atoms with E-state index >= 15 is 4.39 Å². The van der Waals surface area contributed by atoms with E-state index in [1.807, 2.05) is 78.4 Å². The van der Waals surface area contributed by atoms with Gasteiger partial charge in [-0.1, -0.05) is 0 Å². The van der Waals surface area contributed by atoms with Crippen LogP contribution in [0.1, 0.15) is 39.0 Å². The van der Waals surface area contributed by atoms with Crippen LogP contribution in [-0.2, 0) is 7.05 Å². The Hall–Kier alpha value is -4.65. The molecule has 2 heterocycles. The van der Waals surface area contributed by atoms with Crippen molar-refractivity contribution < 1.29 is 13.4 Å².